The van der Waals surface area contributed by atoms with Crippen molar-refractivity contribution < 1.29 is 4.79 Å². The first-order valence-corrected chi connectivity index (χ1v) is 6.37. The predicted octanol–water partition coefficient (Wildman–Crippen LogP) is 0.182. The van der Waals surface area contributed by atoms with Gasteiger partial charge in [-0.25, -0.2) is 0 Å². The zero-order valence-corrected chi connectivity index (χ0v) is 10.1. The predicted molar refractivity (Wildman–Crippen MR) is 63.9 cm³/mol. The summed E-state index contributed by atoms with van der Waals surface area (Å²) in [7, 11) is 2.01. The summed E-state index contributed by atoms with van der Waals surface area (Å²) in [5.74, 6) is 1.63. The number of carbonyl (C=O) groups is 1. The van der Waals surface area contributed by atoms with Gasteiger partial charge in [-0.05, 0) is 44.6 Å². The molecule has 2 rings (SSSR count). The second kappa shape index (κ2) is 5.15. The van der Waals surface area contributed by atoms with Gasteiger partial charge in [0.1, 0.15) is 0 Å². The highest BCUT2D eigenvalue weighted by Gasteiger charge is 2.33. The summed E-state index contributed by atoms with van der Waals surface area (Å²) < 4.78 is 0. The van der Waals surface area contributed by atoms with Crippen LogP contribution < -0.4 is 11.1 Å². The van der Waals surface area contributed by atoms with Crippen LogP contribution in [0.4, 0.5) is 0 Å². The highest BCUT2D eigenvalue weighted by atomic mass is 16.2. The molecule has 0 saturated heterocycles. The van der Waals surface area contributed by atoms with E-state index in [0.717, 1.165) is 18.4 Å². The van der Waals surface area contributed by atoms with Gasteiger partial charge in [-0.1, -0.05) is 0 Å². The highest BCUT2D eigenvalue weighted by molar-refractivity contribution is 5.78. The maximum Gasteiger partial charge on any atom is 0.234 e. The van der Waals surface area contributed by atoms with Crippen LogP contribution >= 0.6 is 0 Å². The van der Waals surface area contributed by atoms with Crippen molar-refractivity contribution in [3.8, 4) is 0 Å². The van der Waals surface area contributed by atoms with Crippen LogP contribution in [-0.4, -0.2) is 43.5 Å². The molecule has 0 heterocycles. The van der Waals surface area contributed by atoms with Crippen LogP contribution in [0.1, 0.15) is 25.7 Å². The van der Waals surface area contributed by atoms with E-state index < -0.39 is 0 Å². The Morgan fingerprint density at radius 1 is 1.44 bits per heavy atom. The van der Waals surface area contributed by atoms with E-state index in [1.54, 1.807) is 0 Å². The van der Waals surface area contributed by atoms with Gasteiger partial charge in [0.2, 0.25) is 5.91 Å². The van der Waals surface area contributed by atoms with Crippen molar-refractivity contribution in [1.29, 1.82) is 0 Å². The molecule has 0 aromatic rings. The average Bonchev–Trinajstić information content (AvgIpc) is 3.10. The van der Waals surface area contributed by atoms with Gasteiger partial charge in [0, 0.05) is 19.1 Å². The summed E-state index contributed by atoms with van der Waals surface area (Å²) in [6.07, 6.45) is 5.11. The highest BCUT2D eigenvalue weighted by Crippen LogP contribution is 2.34. The molecule has 1 amide bonds. The van der Waals surface area contributed by atoms with Crippen molar-refractivity contribution in [1.82, 2.24) is 10.2 Å². The third-order valence-corrected chi connectivity index (χ3v) is 3.65. The van der Waals surface area contributed by atoms with Crippen LogP contribution in [0.3, 0.4) is 0 Å². The number of rotatable bonds is 7. The summed E-state index contributed by atoms with van der Waals surface area (Å²) in [5, 5.41) is 2.99. The molecule has 1 atom stereocenters. The molecule has 4 heteroatoms. The topological polar surface area (TPSA) is 58.4 Å². The number of likely N-dealkylation sites (N-methyl/N-ethyl adjacent to an activating group) is 1. The molecule has 4 nitrogen and oxygen atoms in total. The van der Waals surface area contributed by atoms with Crippen LogP contribution in [0.25, 0.3) is 0 Å². The Balaban J connectivity index is 1.67. The standard InChI is InChI=1S/C12H23N3O/c1-15(11(6-13)10-4-5-10)8-12(16)14-7-9-2-3-9/h9-11H,2-8,13H2,1H3,(H,14,16). The summed E-state index contributed by atoms with van der Waals surface area (Å²) in [6.45, 7) is 2.02. The lowest BCUT2D eigenvalue weighted by Crippen LogP contribution is -2.45. The average molecular weight is 225 g/mol. The van der Waals surface area contributed by atoms with Crippen LogP contribution in [0.2, 0.25) is 0 Å². The van der Waals surface area contributed by atoms with Crippen molar-refractivity contribution in [3.63, 3.8) is 0 Å². The maximum absolute atomic E-state index is 11.7. The molecule has 2 fully saturated rings. The number of hydrogen-bond donors (Lipinski definition) is 2. The Labute approximate surface area is 97.6 Å². The fraction of sp³-hybridized carbons (Fsp3) is 0.917. The minimum absolute atomic E-state index is 0.147. The van der Waals surface area contributed by atoms with E-state index in [9.17, 15) is 4.79 Å². The van der Waals surface area contributed by atoms with Gasteiger partial charge in [-0.2, -0.15) is 0 Å². The second-order valence-electron chi connectivity index (χ2n) is 5.30. The lowest BCUT2D eigenvalue weighted by atomic mass is 10.1. The van der Waals surface area contributed by atoms with Crippen LogP contribution in [0, 0.1) is 11.8 Å². The lowest BCUT2D eigenvalue weighted by molar-refractivity contribution is -0.122. The van der Waals surface area contributed by atoms with Gasteiger partial charge >= 0.3 is 0 Å². The minimum Gasteiger partial charge on any atom is -0.355 e. The molecule has 2 aliphatic carbocycles. The van der Waals surface area contributed by atoms with Crippen LogP contribution in [-0.2, 0) is 4.79 Å². The molecule has 0 radical (unpaired) electrons. The monoisotopic (exact) mass is 225 g/mol. The van der Waals surface area contributed by atoms with Gasteiger partial charge in [0.05, 0.1) is 6.54 Å². The number of amides is 1. The molecule has 2 aliphatic rings. The number of nitrogens with zero attached hydrogens (tertiary/aromatic N) is 1. The third kappa shape index (κ3) is 3.46. The smallest absolute Gasteiger partial charge is 0.234 e. The quantitative estimate of drug-likeness (QED) is 0.650. The number of hydrogen-bond acceptors (Lipinski definition) is 3. The SMILES string of the molecule is CN(CC(=O)NCC1CC1)C(CN)C1CC1. The molecule has 1 unspecified atom stereocenters. The number of carbonyl (C=O) groups excluding carboxylic acids is 1. The van der Waals surface area contributed by atoms with Crippen molar-refractivity contribution in [2.45, 2.75) is 31.7 Å². The Hall–Kier alpha value is -0.610. The third-order valence-electron chi connectivity index (χ3n) is 3.65. The minimum atomic E-state index is 0.147. The molecule has 0 aromatic heterocycles. The fourth-order valence-corrected chi connectivity index (χ4v) is 2.19. The normalized spacial score (nSPS) is 22.2. The van der Waals surface area contributed by atoms with E-state index in [-0.39, 0.29) is 5.91 Å². The molecule has 92 valence electrons. The molecule has 16 heavy (non-hydrogen) atoms. The molecular weight excluding hydrogens is 202 g/mol. The molecular formula is C12H23N3O. The lowest BCUT2D eigenvalue weighted by Gasteiger charge is -2.26. The summed E-state index contributed by atoms with van der Waals surface area (Å²) in [4.78, 5) is 13.8. The van der Waals surface area contributed by atoms with Crippen molar-refractivity contribution in [2.75, 3.05) is 26.7 Å². The number of nitrogens with one attached hydrogen (secondary N) is 1. The molecule has 0 spiro atoms. The maximum atomic E-state index is 11.7. The van der Waals surface area contributed by atoms with Crippen LogP contribution in [0.5, 0.6) is 0 Å². The summed E-state index contributed by atoms with van der Waals surface area (Å²) >= 11 is 0. The zero-order valence-electron chi connectivity index (χ0n) is 10.1. The van der Waals surface area contributed by atoms with Crippen molar-refractivity contribution in [2.24, 2.45) is 17.6 Å². The largest absolute Gasteiger partial charge is 0.355 e. The van der Waals surface area contributed by atoms with E-state index in [1.807, 2.05) is 7.05 Å². The van der Waals surface area contributed by atoms with Gasteiger partial charge in [-0.15, -0.1) is 0 Å². The zero-order chi connectivity index (χ0) is 11.5. The van der Waals surface area contributed by atoms with E-state index in [1.165, 1.54) is 25.7 Å². The first kappa shape index (κ1) is 11.9. The van der Waals surface area contributed by atoms with Gasteiger partial charge < -0.3 is 11.1 Å². The van der Waals surface area contributed by atoms with E-state index in [2.05, 4.69) is 10.2 Å². The molecule has 2 saturated carbocycles. The molecule has 3 N–H and O–H groups in total. The number of nitrogens with two attached hydrogens (primary N) is 1. The Morgan fingerprint density at radius 3 is 2.62 bits per heavy atom. The van der Waals surface area contributed by atoms with E-state index in [0.29, 0.717) is 19.1 Å². The first-order valence-electron chi connectivity index (χ1n) is 6.37. The summed E-state index contributed by atoms with van der Waals surface area (Å²) in [5.41, 5.74) is 5.75. The molecule has 0 bridgehead atoms. The molecule has 0 aliphatic heterocycles. The van der Waals surface area contributed by atoms with Gasteiger partial charge in [0.25, 0.3) is 0 Å². The summed E-state index contributed by atoms with van der Waals surface area (Å²) in [6, 6.07) is 0.395. The van der Waals surface area contributed by atoms with E-state index in [4.69, 9.17) is 5.73 Å². The Morgan fingerprint density at radius 2 is 2.12 bits per heavy atom. The Bertz CT molecular complexity index is 249. The van der Waals surface area contributed by atoms with E-state index >= 15 is 0 Å². The molecule has 0 aromatic carbocycles. The van der Waals surface area contributed by atoms with Gasteiger partial charge in [0.15, 0.2) is 0 Å². The van der Waals surface area contributed by atoms with Crippen molar-refractivity contribution in [3.05, 3.63) is 0 Å². The van der Waals surface area contributed by atoms with Crippen molar-refractivity contribution >= 4 is 5.91 Å². The first-order chi connectivity index (χ1) is 7.70. The van der Waals surface area contributed by atoms with Gasteiger partial charge in [-0.3, -0.25) is 9.69 Å². The second-order valence-corrected chi connectivity index (χ2v) is 5.30. The van der Waals surface area contributed by atoms with Crippen LogP contribution in [0.15, 0.2) is 0 Å². The fourth-order valence-electron chi connectivity index (χ4n) is 2.19. The Kier molecular flexibility index (Phi) is 3.82.